The summed E-state index contributed by atoms with van der Waals surface area (Å²) in [6, 6.07) is 16.4. The molecule has 106 valence electrons. The third-order valence-corrected chi connectivity index (χ3v) is 4.40. The number of allylic oxidation sites excluding steroid dienone is 3. The lowest BCUT2D eigenvalue weighted by Crippen LogP contribution is -2.17. The molecule has 2 aromatic carbocycles. The summed E-state index contributed by atoms with van der Waals surface area (Å²) < 4.78 is 12.1. The highest BCUT2D eigenvalue weighted by atomic mass is 16.5. The van der Waals surface area contributed by atoms with Crippen LogP contribution >= 0.6 is 0 Å². The van der Waals surface area contributed by atoms with Crippen molar-refractivity contribution in [3.8, 4) is 11.5 Å². The molecule has 3 aliphatic rings. The van der Waals surface area contributed by atoms with Crippen LogP contribution in [0.25, 0.3) is 6.08 Å². The molecule has 0 N–H and O–H groups in total. The van der Waals surface area contributed by atoms with E-state index < -0.39 is 0 Å². The normalized spacial score (nSPS) is 17.8. The first kappa shape index (κ1) is 11.9. The fourth-order valence-corrected chi connectivity index (χ4v) is 3.28. The van der Waals surface area contributed by atoms with E-state index in [2.05, 4.69) is 24.3 Å². The van der Waals surface area contributed by atoms with Crippen molar-refractivity contribution in [1.82, 2.24) is 0 Å². The first-order chi connectivity index (χ1) is 10.9. The van der Waals surface area contributed by atoms with Gasteiger partial charge in [-0.3, -0.25) is 0 Å². The molecule has 2 heteroatoms. The van der Waals surface area contributed by atoms with Crippen molar-refractivity contribution < 1.29 is 9.47 Å². The van der Waals surface area contributed by atoms with Gasteiger partial charge < -0.3 is 9.47 Å². The first-order valence-corrected chi connectivity index (χ1v) is 7.54. The summed E-state index contributed by atoms with van der Waals surface area (Å²) in [5.41, 5.74) is 4.98. The van der Waals surface area contributed by atoms with Gasteiger partial charge in [0.05, 0.1) is 0 Å². The van der Waals surface area contributed by atoms with Gasteiger partial charge in [-0.1, -0.05) is 36.4 Å². The summed E-state index contributed by atoms with van der Waals surface area (Å²) >= 11 is 0. The van der Waals surface area contributed by atoms with Crippen molar-refractivity contribution in [2.24, 2.45) is 0 Å². The van der Waals surface area contributed by atoms with Gasteiger partial charge in [0.15, 0.2) is 0 Å². The van der Waals surface area contributed by atoms with Gasteiger partial charge in [-0.25, -0.2) is 0 Å². The second-order valence-electron chi connectivity index (χ2n) is 5.85. The van der Waals surface area contributed by atoms with E-state index in [1.807, 2.05) is 36.4 Å². The second-order valence-corrected chi connectivity index (χ2v) is 5.85. The Morgan fingerprint density at radius 2 is 1.55 bits per heavy atom. The highest BCUT2D eigenvalue weighted by molar-refractivity contribution is 5.69. The quantitative estimate of drug-likeness (QED) is 0.702. The van der Waals surface area contributed by atoms with Gasteiger partial charge in [-0.15, -0.1) is 0 Å². The molecule has 0 saturated carbocycles. The van der Waals surface area contributed by atoms with Gasteiger partial charge in [0.25, 0.3) is 0 Å². The molecule has 0 bridgehead atoms. The molecule has 0 amide bonds. The summed E-state index contributed by atoms with van der Waals surface area (Å²) in [4.78, 5) is 0. The molecule has 22 heavy (non-hydrogen) atoms. The fourth-order valence-electron chi connectivity index (χ4n) is 3.28. The van der Waals surface area contributed by atoms with Crippen molar-refractivity contribution in [3.05, 3.63) is 88.4 Å². The molecule has 0 radical (unpaired) electrons. The summed E-state index contributed by atoms with van der Waals surface area (Å²) in [6.07, 6.45) is 6.11. The number of benzene rings is 2. The average molecular weight is 286 g/mol. The largest absolute Gasteiger partial charge is 0.457 e. The third kappa shape index (κ3) is 1.74. The molecule has 5 rings (SSSR count). The highest BCUT2D eigenvalue weighted by Gasteiger charge is 2.27. The predicted octanol–water partition coefficient (Wildman–Crippen LogP) is 4.64. The Labute approximate surface area is 129 Å². The van der Waals surface area contributed by atoms with E-state index in [0.29, 0.717) is 0 Å². The van der Waals surface area contributed by atoms with Gasteiger partial charge >= 0.3 is 0 Å². The zero-order valence-corrected chi connectivity index (χ0v) is 12.0. The SMILES string of the molecule is C1=C2CC3=C(C=C2Oc2ccccc21)Oc1ccccc1C3. The van der Waals surface area contributed by atoms with Crippen molar-refractivity contribution in [3.63, 3.8) is 0 Å². The molecule has 0 fully saturated rings. The maximum absolute atomic E-state index is 6.07. The molecule has 1 aliphatic carbocycles. The summed E-state index contributed by atoms with van der Waals surface area (Å²) in [5, 5.41) is 0. The zero-order chi connectivity index (χ0) is 14.5. The molecular weight excluding hydrogens is 272 g/mol. The van der Waals surface area contributed by atoms with Crippen molar-refractivity contribution in [2.45, 2.75) is 12.8 Å². The number of hydrogen-bond donors (Lipinski definition) is 0. The number of para-hydroxylation sites is 2. The van der Waals surface area contributed by atoms with Gasteiger partial charge in [0, 0.05) is 24.5 Å². The Hall–Kier alpha value is -2.74. The number of hydrogen-bond acceptors (Lipinski definition) is 2. The lowest BCUT2D eigenvalue weighted by atomic mass is 9.88. The maximum atomic E-state index is 6.07. The maximum Gasteiger partial charge on any atom is 0.134 e. The molecule has 0 atom stereocenters. The van der Waals surface area contributed by atoms with E-state index in [0.717, 1.165) is 41.4 Å². The molecule has 0 spiro atoms. The number of ether oxygens (including phenoxy) is 2. The lowest BCUT2D eigenvalue weighted by molar-refractivity contribution is 0.386. The van der Waals surface area contributed by atoms with Crippen molar-refractivity contribution in [1.29, 1.82) is 0 Å². The molecule has 0 aromatic heterocycles. The highest BCUT2D eigenvalue weighted by Crippen LogP contribution is 2.42. The molecule has 2 heterocycles. The van der Waals surface area contributed by atoms with Crippen LogP contribution in [0.2, 0.25) is 0 Å². The van der Waals surface area contributed by atoms with Crippen LogP contribution in [0.5, 0.6) is 11.5 Å². The Kier molecular flexibility index (Phi) is 2.36. The Balaban J connectivity index is 1.57. The Bertz CT molecular complexity index is 884. The van der Waals surface area contributed by atoms with E-state index in [1.54, 1.807) is 0 Å². The van der Waals surface area contributed by atoms with Crippen molar-refractivity contribution in [2.75, 3.05) is 0 Å². The molecule has 2 aromatic rings. The van der Waals surface area contributed by atoms with Crippen LogP contribution in [-0.2, 0) is 6.42 Å². The second kappa shape index (κ2) is 4.38. The lowest BCUT2D eigenvalue weighted by Gasteiger charge is -2.29. The molecule has 2 aliphatic heterocycles. The number of rotatable bonds is 0. The van der Waals surface area contributed by atoms with E-state index in [4.69, 9.17) is 9.47 Å². The molecule has 0 unspecified atom stereocenters. The van der Waals surface area contributed by atoms with Crippen LogP contribution in [0.3, 0.4) is 0 Å². The van der Waals surface area contributed by atoms with Gasteiger partial charge in [0.2, 0.25) is 0 Å². The van der Waals surface area contributed by atoms with Crippen LogP contribution < -0.4 is 9.47 Å². The van der Waals surface area contributed by atoms with Crippen LogP contribution in [-0.4, -0.2) is 0 Å². The van der Waals surface area contributed by atoms with Crippen LogP contribution in [0.4, 0.5) is 0 Å². The fraction of sp³-hybridized carbons (Fsp3) is 0.100. The van der Waals surface area contributed by atoms with Crippen LogP contribution in [0.15, 0.2) is 77.3 Å². The Morgan fingerprint density at radius 3 is 2.50 bits per heavy atom. The van der Waals surface area contributed by atoms with Gasteiger partial charge in [-0.2, -0.15) is 0 Å². The van der Waals surface area contributed by atoms with Crippen LogP contribution in [0, 0.1) is 0 Å². The van der Waals surface area contributed by atoms with E-state index >= 15 is 0 Å². The minimum absolute atomic E-state index is 0.893. The van der Waals surface area contributed by atoms with Gasteiger partial charge in [0.1, 0.15) is 23.0 Å². The monoisotopic (exact) mass is 286 g/mol. The minimum atomic E-state index is 0.893. The molecule has 0 saturated heterocycles. The minimum Gasteiger partial charge on any atom is -0.457 e. The Morgan fingerprint density at radius 1 is 0.727 bits per heavy atom. The van der Waals surface area contributed by atoms with Crippen molar-refractivity contribution >= 4 is 6.08 Å². The van der Waals surface area contributed by atoms with E-state index in [1.165, 1.54) is 16.7 Å². The topological polar surface area (TPSA) is 18.5 Å². The smallest absolute Gasteiger partial charge is 0.134 e. The van der Waals surface area contributed by atoms with E-state index in [9.17, 15) is 0 Å². The average Bonchev–Trinajstić information content (AvgIpc) is 2.56. The summed E-state index contributed by atoms with van der Waals surface area (Å²) in [6.45, 7) is 0. The summed E-state index contributed by atoms with van der Waals surface area (Å²) in [7, 11) is 0. The number of fused-ring (bicyclic) bond motifs is 3. The van der Waals surface area contributed by atoms with E-state index in [-0.39, 0.29) is 0 Å². The predicted molar refractivity (Wildman–Crippen MR) is 85.5 cm³/mol. The van der Waals surface area contributed by atoms with Gasteiger partial charge in [-0.05, 0) is 34.9 Å². The molecule has 2 nitrogen and oxygen atoms in total. The standard InChI is InChI=1S/C20H14O2/c1-3-7-17-13(5-1)9-15-11-16-10-14-6-2-4-8-18(14)22-20(16)12-19(15)21-17/h1-9,12H,10-11H2. The third-order valence-electron chi connectivity index (χ3n) is 4.40. The zero-order valence-electron chi connectivity index (χ0n) is 12.0. The first-order valence-electron chi connectivity index (χ1n) is 7.54. The van der Waals surface area contributed by atoms with Crippen LogP contribution in [0.1, 0.15) is 17.5 Å². The summed E-state index contributed by atoms with van der Waals surface area (Å²) in [5.74, 6) is 3.74. The molecular formula is C20H14O2.